The average Bonchev–Trinajstić information content (AvgIpc) is 2.01. The van der Waals surface area contributed by atoms with Crippen molar-refractivity contribution < 1.29 is 9.57 Å². The largest absolute Gasteiger partial charge is 0.382 e. The Labute approximate surface area is 75.0 Å². The lowest BCUT2D eigenvalue weighted by molar-refractivity contribution is -0.150. The van der Waals surface area contributed by atoms with E-state index >= 15 is 0 Å². The van der Waals surface area contributed by atoms with E-state index in [4.69, 9.17) is 9.57 Å². The van der Waals surface area contributed by atoms with Crippen molar-refractivity contribution in [1.82, 2.24) is 9.96 Å². The lowest BCUT2D eigenvalue weighted by Crippen LogP contribution is -2.29. The van der Waals surface area contributed by atoms with Crippen molar-refractivity contribution in [2.75, 3.05) is 54.6 Å². The number of rotatable bonds is 7. The molecular weight excluding hydrogens is 156 g/mol. The molecule has 0 N–H and O–H groups in total. The van der Waals surface area contributed by atoms with E-state index in [1.165, 1.54) is 0 Å². The topological polar surface area (TPSA) is 24.9 Å². The third kappa shape index (κ3) is 7.94. The number of hydroxylamine groups is 2. The van der Waals surface area contributed by atoms with Crippen LogP contribution in [0.25, 0.3) is 0 Å². The number of hydrogen-bond donors (Lipinski definition) is 0. The molecular formula is C8H20N2O2. The quantitative estimate of drug-likeness (QED) is 0.404. The summed E-state index contributed by atoms with van der Waals surface area (Å²) in [4.78, 5) is 7.44. The summed E-state index contributed by atoms with van der Waals surface area (Å²) in [6, 6.07) is 0. The van der Waals surface area contributed by atoms with Crippen LogP contribution in [0.15, 0.2) is 0 Å². The van der Waals surface area contributed by atoms with Crippen LogP contribution in [0.4, 0.5) is 0 Å². The number of hydrogen-bond acceptors (Lipinski definition) is 4. The summed E-state index contributed by atoms with van der Waals surface area (Å²) in [7, 11) is 7.69. The van der Waals surface area contributed by atoms with Gasteiger partial charge in [0.2, 0.25) is 0 Å². The van der Waals surface area contributed by atoms with E-state index in [1.807, 2.05) is 26.2 Å². The fourth-order valence-corrected chi connectivity index (χ4v) is 0.682. The molecule has 0 aromatic rings. The van der Waals surface area contributed by atoms with E-state index < -0.39 is 0 Å². The van der Waals surface area contributed by atoms with E-state index in [1.54, 1.807) is 7.11 Å². The van der Waals surface area contributed by atoms with Gasteiger partial charge in [0.15, 0.2) is 0 Å². The van der Waals surface area contributed by atoms with Crippen molar-refractivity contribution >= 4 is 0 Å². The first kappa shape index (κ1) is 11.8. The van der Waals surface area contributed by atoms with Crippen molar-refractivity contribution in [2.24, 2.45) is 0 Å². The first-order chi connectivity index (χ1) is 5.66. The molecule has 0 amide bonds. The van der Waals surface area contributed by atoms with Crippen molar-refractivity contribution in [3.8, 4) is 0 Å². The number of likely N-dealkylation sites (N-methyl/N-ethyl adjacent to an activating group) is 2. The minimum Gasteiger partial charge on any atom is -0.382 e. The zero-order valence-electron chi connectivity index (χ0n) is 8.54. The van der Waals surface area contributed by atoms with Crippen LogP contribution >= 0.6 is 0 Å². The second kappa shape index (κ2) is 7.49. The highest BCUT2D eigenvalue weighted by molar-refractivity contribution is 4.44. The van der Waals surface area contributed by atoms with Crippen LogP contribution in [0.3, 0.4) is 0 Å². The van der Waals surface area contributed by atoms with Crippen LogP contribution in [-0.2, 0) is 9.57 Å². The van der Waals surface area contributed by atoms with Crippen molar-refractivity contribution in [1.29, 1.82) is 0 Å². The monoisotopic (exact) mass is 176 g/mol. The molecule has 12 heavy (non-hydrogen) atoms. The molecule has 0 aliphatic rings. The van der Waals surface area contributed by atoms with Gasteiger partial charge >= 0.3 is 0 Å². The maximum atomic E-state index is 5.31. The SMILES string of the molecule is COCCON(C)CCN(C)C. The summed E-state index contributed by atoms with van der Waals surface area (Å²) >= 11 is 0. The Morgan fingerprint density at radius 3 is 2.17 bits per heavy atom. The smallest absolute Gasteiger partial charge is 0.0918 e. The van der Waals surface area contributed by atoms with Crippen LogP contribution in [-0.4, -0.2) is 64.5 Å². The average molecular weight is 176 g/mol. The lowest BCUT2D eigenvalue weighted by atomic mass is 10.6. The Bertz CT molecular complexity index is 99.1. The van der Waals surface area contributed by atoms with Crippen LogP contribution in [0.2, 0.25) is 0 Å². The van der Waals surface area contributed by atoms with E-state index in [2.05, 4.69) is 4.90 Å². The summed E-state index contributed by atoms with van der Waals surface area (Å²) in [6.07, 6.45) is 0. The lowest BCUT2D eigenvalue weighted by Gasteiger charge is -2.18. The summed E-state index contributed by atoms with van der Waals surface area (Å²) in [6.45, 7) is 3.19. The second-order valence-electron chi connectivity index (χ2n) is 2.98. The minimum atomic E-state index is 0.625. The van der Waals surface area contributed by atoms with Gasteiger partial charge in [-0.2, -0.15) is 5.06 Å². The molecule has 0 aliphatic heterocycles. The van der Waals surface area contributed by atoms with Crippen molar-refractivity contribution in [3.05, 3.63) is 0 Å². The molecule has 0 saturated carbocycles. The van der Waals surface area contributed by atoms with E-state index in [0.717, 1.165) is 13.1 Å². The molecule has 0 saturated heterocycles. The first-order valence-corrected chi connectivity index (χ1v) is 4.14. The normalized spacial score (nSPS) is 11.5. The molecule has 0 atom stereocenters. The highest BCUT2D eigenvalue weighted by atomic mass is 16.7. The van der Waals surface area contributed by atoms with Gasteiger partial charge < -0.3 is 9.64 Å². The molecule has 0 radical (unpaired) electrons. The van der Waals surface area contributed by atoms with E-state index in [0.29, 0.717) is 13.2 Å². The Balaban J connectivity index is 3.15. The van der Waals surface area contributed by atoms with Gasteiger partial charge in [-0.1, -0.05) is 0 Å². The van der Waals surface area contributed by atoms with Crippen LogP contribution in [0.1, 0.15) is 0 Å². The number of methoxy groups -OCH3 is 1. The minimum absolute atomic E-state index is 0.625. The molecule has 0 heterocycles. The maximum Gasteiger partial charge on any atom is 0.0918 e. The molecule has 0 aromatic heterocycles. The van der Waals surface area contributed by atoms with Crippen molar-refractivity contribution in [3.63, 3.8) is 0 Å². The van der Waals surface area contributed by atoms with Crippen LogP contribution < -0.4 is 0 Å². The fraction of sp³-hybridized carbons (Fsp3) is 1.00. The molecule has 0 aliphatic carbocycles. The van der Waals surface area contributed by atoms with Crippen molar-refractivity contribution in [2.45, 2.75) is 0 Å². The Hall–Kier alpha value is -0.160. The fourth-order valence-electron chi connectivity index (χ4n) is 0.682. The predicted molar refractivity (Wildman–Crippen MR) is 49.0 cm³/mol. The van der Waals surface area contributed by atoms with Gasteiger partial charge in [-0.3, -0.25) is 4.84 Å². The highest BCUT2D eigenvalue weighted by Crippen LogP contribution is 1.86. The molecule has 0 fully saturated rings. The van der Waals surface area contributed by atoms with E-state index in [-0.39, 0.29) is 0 Å². The van der Waals surface area contributed by atoms with Gasteiger partial charge in [-0.15, -0.1) is 0 Å². The van der Waals surface area contributed by atoms with Crippen LogP contribution in [0, 0.1) is 0 Å². The number of nitrogens with zero attached hydrogens (tertiary/aromatic N) is 2. The summed E-state index contributed by atoms with van der Waals surface area (Å²) in [5.41, 5.74) is 0. The zero-order valence-corrected chi connectivity index (χ0v) is 8.54. The van der Waals surface area contributed by atoms with Gasteiger partial charge in [0.1, 0.15) is 0 Å². The second-order valence-corrected chi connectivity index (χ2v) is 2.98. The molecule has 4 heteroatoms. The van der Waals surface area contributed by atoms with Gasteiger partial charge in [0.25, 0.3) is 0 Å². The first-order valence-electron chi connectivity index (χ1n) is 4.14. The van der Waals surface area contributed by atoms with Gasteiger partial charge in [0, 0.05) is 27.2 Å². The third-order valence-corrected chi connectivity index (χ3v) is 1.46. The standard InChI is InChI=1S/C8H20N2O2/c1-9(2)5-6-10(3)12-8-7-11-4/h5-8H2,1-4H3. The Kier molecular flexibility index (Phi) is 7.39. The molecule has 0 rings (SSSR count). The molecule has 0 spiro atoms. The zero-order chi connectivity index (χ0) is 9.40. The molecule has 0 bridgehead atoms. The van der Waals surface area contributed by atoms with Gasteiger partial charge in [0.05, 0.1) is 13.2 Å². The molecule has 0 aromatic carbocycles. The van der Waals surface area contributed by atoms with E-state index in [9.17, 15) is 0 Å². The molecule has 0 unspecified atom stereocenters. The third-order valence-electron chi connectivity index (χ3n) is 1.46. The molecule has 74 valence electrons. The molecule has 4 nitrogen and oxygen atoms in total. The van der Waals surface area contributed by atoms with Gasteiger partial charge in [-0.05, 0) is 14.1 Å². The summed E-state index contributed by atoms with van der Waals surface area (Å²) in [5, 5.41) is 1.83. The Morgan fingerprint density at radius 2 is 1.67 bits per heavy atom. The van der Waals surface area contributed by atoms with Gasteiger partial charge in [-0.25, -0.2) is 0 Å². The maximum absolute atomic E-state index is 5.31. The number of ether oxygens (including phenoxy) is 1. The van der Waals surface area contributed by atoms with Crippen LogP contribution in [0.5, 0.6) is 0 Å². The highest BCUT2D eigenvalue weighted by Gasteiger charge is 1.98. The Morgan fingerprint density at radius 1 is 1.00 bits per heavy atom. The predicted octanol–water partition coefficient (Wildman–Crippen LogP) is 0.0578. The summed E-state index contributed by atoms with van der Waals surface area (Å²) in [5.74, 6) is 0. The summed E-state index contributed by atoms with van der Waals surface area (Å²) < 4.78 is 4.86.